The van der Waals surface area contributed by atoms with Crippen molar-refractivity contribution in [3.05, 3.63) is 11.4 Å². The van der Waals surface area contributed by atoms with Crippen molar-refractivity contribution in [3.8, 4) is 0 Å². The fourth-order valence-electron chi connectivity index (χ4n) is 2.50. The number of hydrogen-bond donors (Lipinski definition) is 2. The standard InChI is InChI=1S/C15H25N5O/c1-3-6-12-18-14(16)11(2)15(19-12)17-8-7-13(21)20-9-4-5-10-20/h3-10H2,1-2H3,(H3,16,17,18,19). The van der Waals surface area contributed by atoms with Gasteiger partial charge in [-0.25, -0.2) is 9.97 Å². The predicted molar refractivity (Wildman–Crippen MR) is 84.1 cm³/mol. The molecule has 0 bridgehead atoms. The molecule has 2 rings (SSSR count). The minimum Gasteiger partial charge on any atom is -0.383 e. The zero-order chi connectivity index (χ0) is 15.2. The number of nitrogens with zero attached hydrogens (tertiary/aromatic N) is 3. The van der Waals surface area contributed by atoms with Crippen LogP contribution >= 0.6 is 0 Å². The van der Waals surface area contributed by atoms with Gasteiger partial charge in [-0.05, 0) is 26.2 Å². The van der Waals surface area contributed by atoms with E-state index in [0.717, 1.165) is 56.0 Å². The highest BCUT2D eigenvalue weighted by Crippen LogP contribution is 2.18. The molecular weight excluding hydrogens is 266 g/mol. The lowest BCUT2D eigenvalue weighted by Crippen LogP contribution is -2.29. The lowest BCUT2D eigenvalue weighted by molar-refractivity contribution is -0.129. The number of nitrogens with one attached hydrogen (secondary N) is 1. The van der Waals surface area contributed by atoms with Crippen LogP contribution in [-0.2, 0) is 11.2 Å². The Morgan fingerprint density at radius 1 is 1.33 bits per heavy atom. The van der Waals surface area contributed by atoms with E-state index in [1.165, 1.54) is 0 Å². The Kier molecular flexibility index (Phi) is 5.36. The van der Waals surface area contributed by atoms with Gasteiger partial charge in [0.25, 0.3) is 0 Å². The van der Waals surface area contributed by atoms with Gasteiger partial charge >= 0.3 is 0 Å². The SMILES string of the molecule is CCCc1nc(N)c(C)c(NCCC(=O)N2CCCC2)n1. The average molecular weight is 291 g/mol. The molecule has 0 saturated carbocycles. The second kappa shape index (κ2) is 7.24. The van der Waals surface area contributed by atoms with Gasteiger partial charge in [-0.2, -0.15) is 0 Å². The number of nitrogens with two attached hydrogens (primary N) is 1. The fraction of sp³-hybridized carbons (Fsp3) is 0.667. The van der Waals surface area contributed by atoms with Gasteiger partial charge < -0.3 is 16.0 Å². The highest BCUT2D eigenvalue weighted by molar-refractivity contribution is 5.77. The van der Waals surface area contributed by atoms with Gasteiger partial charge in [0.2, 0.25) is 5.91 Å². The molecule has 1 fully saturated rings. The smallest absolute Gasteiger partial charge is 0.224 e. The summed E-state index contributed by atoms with van der Waals surface area (Å²) in [5.74, 6) is 2.24. The van der Waals surface area contributed by atoms with E-state index in [4.69, 9.17) is 5.73 Å². The van der Waals surface area contributed by atoms with Gasteiger partial charge in [0.15, 0.2) is 0 Å². The number of nitrogen functional groups attached to an aromatic ring is 1. The summed E-state index contributed by atoms with van der Waals surface area (Å²) < 4.78 is 0. The van der Waals surface area contributed by atoms with Crippen LogP contribution in [0.2, 0.25) is 0 Å². The summed E-state index contributed by atoms with van der Waals surface area (Å²) in [5.41, 5.74) is 6.77. The van der Waals surface area contributed by atoms with E-state index in [9.17, 15) is 4.79 Å². The van der Waals surface area contributed by atoms with E-state index >= 15 is 0 Å². The summed E-state index contributed by atoms with van der Waals surface area (Å²) >= 11 is 0. The monoisotopic (exact) mass is 291 g/mol. The van der Waals surface area contributed by atoms with Crippen molar-refractivity contribution in [2.24, 2.45) is 0 Å². The molecule has 0 atom stereocenters. The van der Waals surface area contributed by atoms with Crippen LogP contribution in [0.5, 0.6) is 0 Å². The first kappa shape index (κ1) is 15.5. The normalized spacial score (nSPS) is 14.5. The number of amides is 1. The van der Waals surface area contributed by atoms with Crippen molar-refractivity contribution in [3.63, 3.8) is 0 Å². The Balaban J connectivity index is 1.91. The van der Waals surface area contributed by atoms with Crippen molar-refractivity contribution in [2.45, 2.75) is 46.0 Å². The Morgan fingerprint density at radius 2 is 2.05 bits per heavy atom. The number of anilines is 2. The highest BCUT2D eigenvalue weighted by atomic mass is 16.2. The molecule has 1 aromatic heterocycles. The number of rotatable bonds is 6. The summed E-state index contributed by atoms with van der Waals surface area (Å²) in [4.78, 5) is 22.7. The largest absolute Gasteiger partial charge is 0.383 e. The van der Waals surface area contributed by atoms with E-state index in [-0.39, 0.29) is 5.91 Å². The maximum atomic E-state index is 12.0. The molecule has 0 radical (unpaired) electrons. The molecule has 21 heavy (non-hydrogen) atoms. The van der Waals surface area contributed by atoms with Crippen LogP contribution in [0.3, 0.4) is 0 Å². The van der Waals surface area contributed by atoms with E-state index in [0.29, 0.717) is 18.8 Å². The lowest BCUT2D eigenvalue weighted by atomic mass is 10.2. The summed E-state index contributed by atoms with van der Waals surface area (Å²) in [6, 6.07) is 0. The summed E-state index contributed by atoms with van der Waals surface area (Å²) in [6.07, 6.45) is 4.54. The Labute approximate surface area is 126 Å². The quantitative estimate of drug-likeness (QED) is 0.834. The molecule has 6 nitrogen and oxygen atoms in total. The highest BCUT2D eigenvalue weighted by Gasteiger charge is 2.17. The van der Waals surface area contributed by atoms with Gasteiger partial charge in [0.1, 0.15) is 17.5 Å². The first-order valence-corrected chi connectivity index (χ1v) is 7.76. The first-order chi connectivity index (χ1) is 10.1. The van der Waals surface area contributed by atoms with Crippen LogP contribution in [0.25, 0.3) is 0 Å². The van der Waals surface area contributed by atoms with Crippen molar-refractivity contribution < 1.29 is 4.79 Å². The van der Waals surface area contributed by atoms with Crippen LogP contribution in [0, 0.1) is 6.92 Å². The number of carbonyl (C=O) groups is 1. The van der Waals surface area contributed by atoms with Gasteiger partial charge in [-0.3, -0.25) is 4.79 Å². The molecule has 1 aliphatic heterocycles. The Morgan fingerprint density at radius 3 is 2.71 bits per heavy atom. The number of likely N-dealkylation sites (tertiary alicyclic amines) is 1. The first-order valence-electron chi connectivity index (χ1n) is 7.76. The maximum absolute atomic E-state index is 12.0. The second-order valence-corrected chi connectivity index (χ2v) is 5.51. The van der Waals surface area contributed by atoms with Gasteiger partial charge in [-0.1, -0.05) is 6.92 Å². The van der Waals surface area contributed by atoms with Crippen molar-refractivity contribution in [1.29, 1.82) is 0 Å². The molecular formula is C15H25N5O. The van der Waals surface area contributed by atoms with Crippen molar-refractivity contribution in [2.75, 3.05) is 30.7 Å². The van der Waals surface area contributed by atoms with Crippen LogP contribution < -0.4 is 11.1 Å². The third kappa shape index (κ3) is 4.06. The predicted octanol–water partition coefficient (Wildman–Crippen LogP) is 1.74. The third-order valence-corrected chi connectivity index (χ3v) is 3.79. The minimum absolute atomic E-state index is 0.216. The zero-order valence-corrected chi connectivity index (χ0v) is 13.0. The van der Waals surface area contributed by atoms with Crippen LogP contribution in [0.4, 0.5) is 11.6 Å². The summed E-state index contributed by atoms with van der Waals surface area (Å²) in [5, 5.41) is 3.23. The van der Waals surface area contributed by atoms with Crippen LogP contribution in [-0.4, -0.2) is 40.4 Å². The second-order valence-electron chi connectivity index (χ2n) is 5.51. The molecule has 116 valence electrons. The lowest BCUT2D eigenvalue weighted by Gasteiger charge is -2.16. The molecule has 1 saturated heterocycles. The molecule has 1 aromatic rings. The molecule has 0 aliphatic carbocycles. The summed E-state index contributed by atoms with van der Waals surface area (Å²) in [7, 11) is 0. The molecule has 2 heterocycles. The maximum Gasteiger partial charge on any atom is 0.224 e. The number of carbonyl (C=O) groups excluding carboxylic acids is 1. The Bertz CT molecular complexity index is 497. The minimum atomic E-state index is 0.216. The summed E-state index contributed by atoms with van der Waals surface area (Å²) in [6.45, 7) is 6.37. The third-order valence-electron chi connectivity index (χ3n) is 3.79. The van der Waals surface area contributed by atoms with Crippen molar-refractivity contribution >= 4 is 17.5 Å². The van der Waals surface area contributed by atoms with Crippen molar-refractivity contribution in [1.82, 2.24) is 14.9 Å². The molecule has 6 heteroatoms. The van der Waals surface area contributed by atoms with E-state index in [1.54, 1.807) is 0 Å². The van der Waals surface area contributed by atoms with E-state index in [2.05, 4.69) is 22.2 Å². The van der Waals surface area contributed by atoms with E-state index < -0.39 is 0 Å². The van der Waals surface area contributed by atoms with Gasteiger partial charge in [0, 0.05) is 38.0 Å². The van der Waals surface area contributed by atoms with Crippen LogP contribution in [0.15, 0.2) is 0 Å². The molecule has 0 unspecified atom stereocenters. The number of aryl methyl sites for hydroxylation is 1. The molecule has 0 spiro atoms. The molecule has 0 aromatic carbocycles. The fourth-order valence-corrected chi connectivity index (χ4v) is 2.50. The topological polar surface area (TPSA) is 84.1 Å². The Hall–Kier alpha value is -1.85. The molecule has 1 amide bonds. The number of hydrogen-bond acceptors (Lipinski definition) is 5. The zero-order valence-electron chi connectivity index (χ0n) is 13.0. The van der Waals surface area contributed by atoms with Gasteiger partial charge in [-0.15, -0.1) is 0 Å². The van der Waals surface area contributed by atoms with Crippen LogP contribution in [0.1, 0.15) is 44.0 Å². The number of aromatic nitrogens is 2. The van der Waals surface area contributed by atoms with E-state index in [1.807, 2.05) is 11.8 Å². The molecule has 1 aliphatic rings. The average Bonchev–Trinajstić information content (AvgIpc) is 2.98. The molecule has 3 N–H and O–H groups in total. The van der Waals surface area contributed by atoms with Gasteiger partial charge in [0.05, 0.1) is 0 Å².